The zero-order chi connectivity index (χ0) is 11.1. The Balaban J connectivity index is 2.68. The molecule has 1 atom stereocenters. The van der Waals surface area contributed by atoms with Crippen molar-refractivity contribution in [2.24, 2.45) is 5.73 Å². The maximum Gasteiger partial charge on any atom is 0.0581 e. The van der Waals surface area contributed by atoms with Crippen molar-refractivity contribution in [3.05, 3.63) is 34.3 Å². The molecule has 0 aliphatic carbocycles. The fourth-order valence-electron chi connectivity index (χ4n) is 1.32. The van der Waals surface area contributed by atoms with E-state index >= 15 is 0 Å². The van der Waals surface area contributed by atoms with Gasteiger partial charge in [-0.1, -0.05) is 34.0 Å². The molecule has 0 aliphatic heterocycles. The Labute approximate surface area is 99.4 Å². The highest BCUT2D eigenvalue weighted by Gasteiger charge is 2.07. The molecule has 0 fully saturated rings. The van der Waals surface area contributed by atoms with Gasteiger partial charge in [0.05, 0.1) is 6.54 Å². The third-order valence-corrected chi connectivity index (χ3v) is 2.59. The molecule has 3 heteroatoms. The van der Waals surface area contributed by atoms with Crippen molar-refractivity contribution in [3.63, 3.8) is 0 Å². The third-order valence-electron chi connectivity index (χ3n) is 2.10. The molecule has 0 amide bonds. The van der Waals surface area contributed by atoms with Crippen LogP contribution in [0.25, 0.3) is 0 Å². The van der Waals surface area contributed by atoms with E-state index in [1.165, 1.54) is 5.56 Å². The zero-order valence-corrected chi connectivity index (χ0v) is 10.3. The number of rotatable bonds is 4. The molecule has 0 aromatic heterocycles. The Hall–Kier alpha value is -0.820. The van der Waals surface area contributed by atoms with Gasteiger partial charge >= 0.3 is 0 Å². The van der Waals surface area contributed by atoms with E-state index in [-0.39, 0.29) is 6.04 Å². The Bertz CT molecular complexity index is 365. The fourth-order valence-corrected chi connectivity index (χ4v) is 1.74. The lowest BCUT2D eigenvalue weighted by Gasteiger charge is -2.15. The van der Waals surface area contributed by atoms with E-state index in [9.17, 15) is 0 Å². The van der Waals surface area contributed by atoms with Crippen LogP contribution >= 0.6 is 15.9 Å². The van der Waals surface area contributed by atoms with Crippen molar-refractivity contribution in [3.8, 4) is 11.8 Å². The molecule has 80 valence electrons. The summed E-state index contributed by atoms with van der Waals surface area (Å²) in [5.41, 5.74) is 6.90. The zero-order valence-electron chi connectivity index (χ0n) is 8.76. The van der Waals surface area contributed by atoms with Crippen molar-refractivity contribution in [1.29, 1.82) is 0 Å². The second-order valence-corrected chi connectivity index (χ2v) is 4.07. The maximum absolute atomic E-state index is 5.71. The molecule has 0 spiro atoms. The van der Waals surface area contributed by atoms with Crippen molar-refractivity contribution in [1.82, 2.24) is 5.32 Å². The van der Waals surface area contributed by atoms with Gasteiger partial charge in [0.2, 0.25) is 0 Å². The standard InChI is InChI=1S/C12H15BrN2/c1-2-3-7-15-12(9-14)10-5-4-6-11(13)8-10/h4-6,8,12,15H,7,9,14H2,1H3. The molecule has 0 saturated carbocycles. The van der Waals surface area contributed by atoms with Gasteiger partial charge in [-0.25, -0.2) is 0 Å². The van der Waals surface area contributed by atoms with Crippen LogP contribution in [0.1, 0.15) is 18.5 Å². The number of hydrogen-bond acceptors (Lipinski definition) is 2. The minimum absolute atomic E-state index is 0.170. The highest BCUT2D eigenvalue weighted by molar-refractivity contribution is 9.10. The lowest BCUT2D eigenvalue weighted by Crippen LogP contribution is -2.28. The second-order valence-electron chi connectivity index (χ2n) is 3.15. The molecule has 1 rings (SSSR count). The van der Waals surface area contributed by atoms with Crippen LogP contribution in [0.3, 0.4) is 0 Å². The molecule has 15 heavy (non-hydrogen) atoms. The first-order chi connectivity index (χ1) is 7.27. The summed E-state index contributed by atoms with van der Waals surface area (Å²) in [6.45, 7) is 3.07. The van der Waals surface area contributed by atoms with E-state index in [1.807, 2.05) is 19.1 Å². The summed E-state index contributed by atoms with van der Waals surface area (Å²) < 4.78 is 1.07. The van der Waals surface area contributed by atoms with E-state index in [0.717, 1.165) is 4.47 Å². The second kappa shape index (κ2) is 6.62. The molecule has 0 heterocycles. The summed E-state index contributed by atoms with van der Waals surface area (Å²) in [6.07, 6.45) is 0. The van der Waals surface area contributed by atoms with E-state index in [0.29, 0.717) is 13.1 Å². The van der Waals surface area contributed by atoms with Gasteiger partial charge in [-0.3, -0.25) is 5.32 Å². The predicted molar refractivity (Wildman–Crippen MR) is 67.4 cm³/mol. The molecule has 0 aliphatic rings. The van der Waals surface area contributed by atoms with Crippen LogP contribution in [0.5, 0.6) is 0 Å². The highest BCUT2D eigenvalue weighted by Crippen LogP contribution is 2.17. The Morgan fingerprint density at radius 3 is 2.93 bits per heavy atom. The monoisotopic (exact) mass is 266 g/mol. The molecule has 0 saturated heterocycles. The van der Waals surface area contributed by atoms with Crippen LogP contribution < -0.4 is 11.1 Å². The van der Waals surface area contributed by atoms with Crippen LogP contribution in [-0.4, -0.2) is 13.1 Å². The number of nitrogens with two attached hydrogens (primary N) is 1. The summed E-state index contributed by atoms with van der Waals surface area (Å²) in [7, 11) is 0. The Morgan fingerprint density at radius 2 is 2.33 bits per heavy atom. The lowest BCUT2D eigenvalue weighted by molar-refractivity contribution is 0.582. The molecule has 0 radical (unpaired) electrons. The molecule has 0 bridgehead atoms. The quantitative estimate of drug-likeness (QED) is 0.819. The van der Waals surface area contributed by atoms with Crippen LogP contribution in [0.2, 0.25) is 0 Å². The summed E-state index contributed by atoms with van der Waals surface area (Å²) in [4.78, 5) is 0. The number of benzene rings is 1. The van der Waals surface area contributed by atoms with E-state index in [1.54, 1.807) is 0 Å². The van der Waals surface area contributed by atoms with Crippen molar-refractivity contribution < 1.29 is 0 Å². The van der Waals surface area contributed by atoms with Crippen molar-refractivity contribution >= 4 is 15.9 Å². The largest absolute Gasteiger partial charge is 0.329 e. The maximum atomic E-state index is 5.71. The average Bonchev–Trinajstić information content (AvgIpc) is 2.24. The molecule has 3 N–H and O–H groups in total. The summed E-state index contributed by atoms with van der Waals surface area (Å²) in [5.74, 6) is 5.82. The number of hydrogen-bond donors (Lipinski definition) is 2. The smallest absolute Gasteiger partial charge is 0.0581 e. The molecule has 1 unspecified atom stereocenters. The predicted octanol–water partition coefficient (Wildman–Crippen LogP) is 2.06. The van der Waals surface area contributed by atoms with Gasteiger partial charge in [-0.05, 0) is 24.6 Å². The highest BCUT2D eigenvalue weighted by atomic mass is 79.9. The lowest BCUT2D eigenvalue weighted by atomic mass is 10.1. The normalized spacial score (nSPS) is 11.7. The van der Waals surface area contributed by atoms with Gasteiger partial charge in [-0.2, -0.15) is 0 Å². The van der Waals surface area contributed by atoms with Gasteiger partial charge in [0.15, 0.2) is 0 Å². The summed E-state index contributed by atoms with van der Waals surface area (Å²) in [5, 5.41) is 3.29. The van der Waals surface area contributed by atoms with Crippen molar-refractivity contribution in [2.75, 3.05) is 13.1 Å². The van der Waals surface area contributed by atoms with Crippen molar-refractivity contribution in [2.45, 2.75) is 13.0 Å². The summed E-state index contributed by atoms with van der Waals surface area (Å²) >= 11 is 3.44. The Morgan fingerprint density at radius 1 is 1.53 bits per heavy atom. The topological polar surface area (TPSA) is 38.0 Å². The van der Waals surface area contributed by atoms with Crippen LogP contribution in [-0.2, 0) is 0 Å². The van der Waals surface area contributed by atoms with Gasteiger partial charge in [0, 0.05) is 17.1 Å². The molecular weight excluding hydrogens is 252 g/mol. The van der Waals surface area contributed by atoms with Gasteiger partial charge in [0.1, 0.15) is 0 Å². The molecular formula is C12H15BrN2. The first-order valence-electron chi connectivity index (χ1n) is 4.86. The molecule has 1 aromatic rings. The first kappa shape index (κ1) is 12.3. The van der Waals surface area contributed by atoms with E-state index in [4.69, 9.17) is 5.73 Å². The number of halogens is 1. The number of nitrogens with one attached hydrogen (secondary N) is 1. The summed E-state index contributed by atoms with van der Waals surface area (Å²) in [6, 6.07) is 8.32. The van der Waals surface area contributed by atoms with Crippen LogP contribution in [0.15, 0.2) is 28.7 Å². The minimum Gasteiger partial charge on any atom is -0.329 e. The van der Waals surface area contributed by atoms with Gasteiger partial charge in [-0.15, -0.1) is 5.92 Å². The molecule has 1 aromatic carbocycles. The molecule has 2 nitrogen and oxygen atoms in total. The fraction of sp³-hybridized carbons (Fsp3) is 0.333. The first-order valence-corrected chi connectivity index (χ1v) is 5.65. The van der Waals surface area contributed by atoms with Gasteiger partial charge < -0.3 is 5.73 Å². The Kier molecular flexibility index (Phi) is 5.41. The van der Waals surface area contributed by atoms with Crippen LogP contribution in [0, 0.1) is 11.8 Å². The average molecular weight is 267 g/mol. The SMILES string of the molecule is CC#CCNC(CN)c1cccc(Br)c1. The van der Waals surface area contributed by atoms with Crippen LogP contribution in [0.4, 0.5) is 0 Å². The van der Waals surface area contributed by atoms with E-state index in [2.05, 4.69) is 45.2 Å². The van der Waals surface area contributed by atoms with Gasteiger partial charge in [0.25, 0.3) is 0 Å². The third kappa shape index (κ3) is 4.05. The van der Waals surface area contributed by atoms with E-state index < -0.39 is 0 Å². The minimum atomic E-state index is 0.170.